The first-order valence-electron chi connectivity index (χ1n) is 9.65. The van der Waals surface area contributed by atoms with E-state index in [1.807, 2.05) is 12.8 Å². The fourth-order valence-corrected chi connectivity index (χ4v) is 3.58. The van der Waals surface area contributed by atoms with Gasteiger partial charge in [-0.2, -0.15) is 23.4 Å². The van der Waals surface area contributed by atoms with E-state index >= 15 is 0 Å². The quantitative estimate of drug-likeness (QED) is 0.262. The molecule has 3 aliphatic rings. The van der Waals surface area contributed by atoms with Crippen molar-refractivity contribution in [1.82, 2.24) is 9.80 Å². The molecule has 8 nitrogen and oxygen atoms in total. The van der Waals surface area contributed by atoms with E-state index in [2.05, 4.69) is 32.0 Å². The molecule has 1 saturated heterocycles. The van der Waals surface area contributed by atoms with Crippen LogP contribution in [0.15, 0.2) is 49.3 Å². The third-order valence-corrected chi connectivity index (χ3v) is 5.15. The van der Waals surface area contributed by atoms with Gasteiger partial charge in [0, 0.05) is 25.3 Å². The summed E-state index contributed by atoms with van der Waals surface area (Å²) in [5, 5.41) is 26.3. The summed E-state index contributed by atoms with van der Waals surface area (Å²) in [4.78, 5) is 11.1. The van der Waals surface area contributed by atoms with Gasteiger partial charge in [-0.15, -0.1) is 10.2 Å². The zero-order valence-electron chi connectivity index (χ0n) is 17.6. The molecule has 171 valence electrons. The molecule has 1 fully saturated rings. The molecule has 0 aromatic heterocycles. The second-order valence-corrected chi connectivity index (χ2v) is 7.17. The van der Waals surface area contributed by atoms with Gasteiger partial charge in [0.2, 0.25) is 0 Å². The van der Waals surface area contributed by atoms with Crippen molar-refractivity contribution in [3.05, 3.63) is 34.5 Å². The Balaban J connectivity index is 0.00000363. The van der Waals surface area contributed by atoms with Crippen molar-refractivity contribution in [1.29, 1.82) is 5.26 Å². The zero-order chi connectivity index (χ0) is 22.8. The molecular formula is C20H20CuF3N8+. The number of nitrogens with zero attached hydrogens (tertiary/aromatic N) is 8. The van der Waals surface area contributed by atoms with Crippen LogP contribution in [-0.2, 0) is 17.1 Å². The number of guanidine groups is 1. The molecule has 12 heteroatoms. The SMILES string of the molecule is CCN1C2=CC(=NCC(F)(F)F)C(=NN=C3N=C(C#N)C(=C=[N-])N3C)C=C2CCC1C.[Cu+2]. The van der Waals surface area contributed by atoms with E-state index in [1.54, 1.807) is 18.2 Å². The van der Waals surface area contributed by atoms with E-state index in [0.29, 0.717) is 0 Å². The smallest absolute Gasteiger partial charge is 0.761 e. The first-order valence-corrected chi connectivity index (χ1v) is 9.65. The monoisotopic (exact) mass is 492 g/mol. The number of alkyl halides is 3. The first-order chi connectivity index (χ1) is 14.7. The topological polar surface area (TPSA) is 102 Å². The van der Waals surface area contributed by atoms with Crippen molar-refractivity contribution in [2.75, 3.05) is 20.1 Å². The zero-order valence-corrected chi connectivity index (χ0v) is 18.5. The van der Waals surface area contributed by atoms with Crippen LogP contribution in [0.2, 0.25) is 0 Å². The molecule has 3 rings (SSSR count). The summed E-state index contributed by atoms with van der Waals surface area (Å²) < 4.78 is 38.4. The summed E-state index contributed by atoms with van der Waals surface area (Å²) >= 11 is 0. The maximum atomic E-state index is 12.8. The largest absolute Gasteiger partial charge is 2.00 e. The van der Waals surface area contributed by atoms with Crippen LogP contribution < -0.4 is 0 Å². The minimum atomic E-state index is -4.45. The summed E-state index contributed by atoms with van der Waals surface area (Å²) in [5.41, 5.74) is 1.97. The predicted molar refractivity (Wildman–Crippen MR) is 113 cm³/mol. The second kappa shape index (κ2) is 10.1. The van der Waals surface area contributed by atoms with Crippen molar-refractivity contribution in [3.63, 3.8) is 0 Å². The second-order valence-electron chi connectivity index (χ2n) is 7.17. The van der Waals surface area contributed by atoms with Crippen LogP contribution in [-0.4, -0.2) is 71.1 Å². The Labute approximate surface area is 194 Å². The number of hydrogen-bond donors (Lipinski definition) is 0. The Kier molecular flexibility index (Phi) is 7.97. The van der Waals surface area contributed by atoms with Crippen LogP contribution in [0.4, 0.5) is 13.2 Å². The molecule has 0 aromatic carbocycles. The van der Waals surface area contributed by atoms with Crippen molar-refractivity contribution in [3.8, 4) is 6.07 Å². The molecule has 0 aromatic rings. The minimum Gasteiger partial charge on any atom is -0.761 e. The van der Waals surface area contributed by atoms with Crippen molar-refractivity contribution in [2.45, 2.75) is 38.9 Å². The van der Waals surface area contributed by atoms with E-state index in [1.165, 1.54) is 11.9 Å². The molecule has 0 amide bonds. The maximum absolute atomic E-state index is 12.8. The van der Waals surface area contributed by atoms with Gasteiger partial charge < -0.3 is 15.2 Å². The molecule has 0 N–H and O–H groups in total. The number of fused-ring (bicyclic) bond motifs is 1. The van der Waals surface area contributed by atoms with Crippen LogP contribution in [0.5, 0.6) is 0 Å². The molecule has 1 radical (unpaired) electrons. The number of nitriles is 1. The molecule has 0 saturated carbocycles. The Morgan fingerprint density at radius 1 is 1.28 bits per heavy atom. The molecule has 32 heavy (non-hydrogen) atoms. The third-order valence-electron chi connectivity index (χ3n) is 5.15. The number of rotatable bonds is 3. The van der Waals surface area contributed by atoms with Gasteiger partial charge in [-0.3, -0.25) is 4.99 Å². The average molecular weight is 493 g/mol. The van der Waals surface area contributed by atoms with Crippen molar-refractivity contribution in [2.24, 2.45) is 20.2 Å². The molecule has 1 aliphatic carbocycles. The molecular weight excluding hydrogens is 473 g/mol. The van der Waals surface area contributed by atoms with E-state index in [-0.39, 0.29) is 51.9 Å². The maximum Gasteiger partial charge on any atom is 2.00 e. The van der Waals surface area contributed by atoms with Gasteiger partial charge in [0.05, 0.1) is 5.71 Å². The fourth-order valence-electron chi connectivity index (χ4n) is 3.58. The molecule has 0 bridgehead atoms. The molecule has 1 atom stereocenters. The number of halogens is 3. The summed E-state index contributed by atoms with van der Waals surface area (Å²) in [6.45, 7) is 3.45. The fraction of sp³-hybridized carbons (Fsp3) is 0.450. The summed E-state index contributed by atoms with van der Waals surface area (Å²) in [6.07, 6.45) is 0.531. The molecule has 1 unspecified atom stereocenters. The Morgan fingerprint density at radius 2 is 2.00 bits per heavy atom. The van der Waals surface area contributed by atoms with E-state index in [9.17, 15) is 13.2 Å². The normalized spacial score (nSPS) is 24.5. The predicted octanol–water partition coefficient (Wildman–Crippen LogP) is 3.06. The molecule has 2 heterocycles. The first kappa shape index (κ1) is 25.3. The van der Waals surface area contributed by atoms with Crippen LogP contribution in [0, 0.1) is 11.3 Å². The number of aliphatic imine (C=N–C) groups is 2. The minimum absolute atomic E-state index is 0. The average Bonchev–Trinajstić information content (AvgIpc) is 3.04. The van der Waals surface area contributed by atoms with E-state index < -0.39 is 12.7 Å². The van der Waals surface area contributed by atoms with Gasteiger partial charge in [-0.1, -0.05) is 0 Å². The Bertz CT molecular complexity index is 1050. The standard InChI is InChI=1S/C20H20F3N8.Cu/c1-4-31-12(2)5-6-13-7-15(14(8-17(13)31)26-11-20(21,22)23)28-29-19-27-16(9-24)18(10-25)30(19)3;/h7-8,12H,4-6,11H2,1-3H3;/q-1;+2. The molecule has 2 aliphatic heterocycles. The Morgan fingerprint density at radius 3 is 2.56 bits per heavy atom. The van der Waals surface area contributed by atoms with Crippen LogP contribution in [0.25, 0.3) is 5.41 Å². The Hall–Kier alpha value is -2.99. The van der Waals surface area contributed by atoms with E-state index in [0.717, 1.165) is 30.7 Å². The number of allylic oxidation sites excluding steroid dienone is 4. The van der Waals surface area contributed by atoms with Crippen molar-refractivity contribution < 1.29 is 30.2 Å². The van der Waals surface area contributed by atoms with Gasteiger partial charge in [0.25, 0.3) is 5.96 Å². The third kappa shape index (κ3) is 5.25. The number of likely N-dealkylation sites (N-methyl/N-ethyl adjacent to an activating group) is 1. The van der Waals surface area contributed by atoms with Gasteiger partial charge in [-0.05, 0) is 44.4 Å². The van der Waals surface area contributed by atoms with Gasteiger partial charge in [-0.25, -0.2) is 5.87 Å². The number of likely N-dealkylation sites (tertiary alicyclic amines) is 1. The summed E-state index contributed by atoms with van der Waals surface area (Å²) in [5.74, 6) is 1.86. The number of hydrogen-bond acceptors (Lipinski definition) is 5. The van der Waals surface area contributed by atoms with Gasteiger partial charge in [0.1, 0.15) is 24.0 Å². The summed E-state index contributed by atoms with van der Waals surface area (Å²) in [6, 6.07) is 2.07. The number of piperidine rings is 1. The van der Waals surface area contributed by atoms with Gasteiger partial charge >= 0.3 is 23.2 Å². The summed E-state index contributed by atoms with van der Waals surface area (Å²) in [7, 11) is 1.50. The van der Waals surface area contributed by atoms with Crippen LogP contribution in [0.3, 0.4) is 0 Å². The van der Waals surface area contributed by atoms with Crippen LogP contribution >= 0.6 is 0 Å². The van der Waals surface area contributed by atoms with Gasteiger partial charge in [0.15, 0.2) is 5.71 Å². The van der Waals surface area contributed by atoms with Crippen molar-refractivity contribution >= 4 is 29.0 Å². The van der Waals surface area contributed by atoms with E-state index in [4.69, 9.17) is 10.7 Å². The molecule has 0 spiro atoms. The van der Waals surface area contributed by atoms with Crippen LogP contribution in [0.1, 0.15) is 26.7 Å².